The van der Waals surface area contributed by atoms with Crippen LogP contribution in [-0.4, -0.2) is 29.6 Å². The molecule has 2 heteroatoms. The van der Waals surface area contributed by atoms with Gasteiger partial charge in [0.05, 0.1) is 6.10 Å². The highest BCUT2D eigenvalue weighted by molar-refractivity contribution is 5.24. The van der Waals surface area contributed by atoms with Gasteiger partial charge in [-0.05, 0) is 49.9 Å². The third-order valence-corrected chi connectivity index (χ3v) is 3.82. The molecule has 1 N–H and O–H groups in total. The summed E-state index contributed by atoms with van der Waals surface area (Å²) < 4.78 is 0. The molecule has 0 saturated carbocycles. The molecule has 1 aliphatic rings. The van der Waals surface area contributed by atoms with Crippen molar-refractivity contribution in [1.82, 2.24) is 4.90 Å². The molecule has 2 nitrogen and oxygen atoms in total. The molecular weight excluding hydrogens is 222 g/mol. The van der Waals surface area contributed by atoms with E-state index in [-0.39, 0.29) is 6.10 Å². The predicted molar refractivity (Wildman–Crippen MR) is 75.7 cm³/mol. The first-order chi connectivity index (χ1) is 8.79. The average Bonchev–Trinajstić information content (AvgIpc) is 2.90. The van der Waals surface area contributed by atoms with E-state index in [4.69, 9.17) is 0 Å². The molecule has 0 amide bonds. The molecule has 1 fully saturated rings. The summed E-state index contributed by atoms with van der Waals surface area (Å²) in [5.74, 6) is 0. The van der Waals surface area contributed by atoms with Gasteiger partial charge in [0.15, 0.2) is 0 Å². The van der Waals surface area contributed by atoms with Crippen LogP contribution in [-0.2, 0) is 6.42 Å². The van der Waals surface area contributed by atoms with Gasteiger partial charge in [0, 0.05) is 6.54 Å². The molecule has 0 aromatic heterocycles. The summed E-state index contributed by atoms with van der Waals surface area (Å²) in [6.45, 7) is 5.64. The minimum absolute atomic E-state index is 0.304. The molecule has 1 aliphatic heterocycles. The zero-order valence-corrected chi connectivity index (χ0v) is 11.4. The van der Waals surface area contributed by atoms with Gasteiger partial charge >= 0.3 is 0 Å². The first kappa shape index (κ1) is 13.6. The van der Waals surface area contributed by atoms with Gasteiger partial charge < -0.3 is 10.0 Å². The molecule has 0 radical (unpaired) electrons. The third kappa shape index (κ3) is 3.82. The summed E-state index contributed by atoms with van der Waals surface area (Å²) in [4.78, 5) is 2.45. The monoisotopic (exact) mass is 247 g/mol. The van der Waals surface area contributed by atoms with E-state index in [1.807, 2.05) is 0 Å². The molecule has 1 unspecified atom stereocenters. The Labute approximate surface area is 111 Å². The van der Waals surface area contributed by atoms with E-state index in [0.717, 1.165) is 24.9 Å². The number of hydrogen-bond donors (Lipinski definition) is 1. The highest BCUT2D eigenvalue weighted by Crippen LogP contribution is 2.19. The minimum Gasteiger partial charge on any atom is -0.388 e. The Hall–Kier alpha value is -0.860. The molecule has 18 heavy (non-hydrogen) atoms. The molecule has 1 atom stereocenters. The summed E-state index contributed by atoms with van der Waals surface area (Å²) in [7, 11) is 0. The van der Waals surface area contributed by atoms with Crippen molar-refractivity contribution >= 4 is 0 Å². The number of aryl methyl sites for hydroxylation is 1. The van der Waals surface area contributed by atoms with Gasteiger partial charge in [-0.1, -0.05) is 37.6 Å². The fraction of sp³-hybridized carbons (Fsp3) is 0.625. The SMILES string of the molecule is CCCc1ccc(C(O)CCN2CCCC2)cc1. The van der Waals surface area contributed by atoms with E-state index in [9.17, 15) is 5.11 Å². The van der Waals surface area contributed by atoms with Crippen molar-refractivity contribution in [1.29, 1.82) is 0 Å². The van der Waals surface area contributed by atoms with Crippen molar-refractivity contribution in [2.75, 3.05) is 19.6 Å². The number of benzene rings is 1. The zero-order valence-electron chi connectivity index (χ0n) is 11.4. The van der Waals surface area contributed by atoms with Crippen LogP contribution in [0.25, 0.3) is 0 Å². The Bertz CT molecular complexity index is 341. The van der Waals surface area contributed by atoms with Crippen LogP contribution in [0.4, 0.5) is 0 Å². The first-order valence-electron chi connectivity index (χ1n) is 7.29. The largest absolute Gasteiger partial charge is 0.388 e. The van der Waals surface area contributed by atoms with Gasteiger partial charge in [0.2, 0.25) is 0 Å². The highest BCUT2D eigenvalue weighted by Gasteiger charge is 2.14. The smallest absolute Gasteiger partial charge is 0.0802 e. The van der Waals surface area contributed by atoms with Crippen molar-refractivity contribution in [3.8, 4) is 0 Å². The second-order valence-corrected chi connectivity index (χ2v) is 5.34. The number of nitrogens with zero attached hydrogens (tertiary/aromatic N) is 1. The van der Waals surface area contributed by atoms with Crippen molar-refractivity contribution in [2.24, 2.45) is 0 Å². The van der Waals surface area contributed by atoms with Crippen molar-refractivity contribution < 1.29 is 5.11 Å². The quantitative estimate of drug-likeness (QED) is 0.834. The van der Waals surface area contributed by atoms with Gasteiger partial charge in [-0.2, -0.15) is 0 Å². The number of aliphatic hydroxyl groups excluding tert-OH is 1. The molecular formula is C16H25NO. The summed E-state index contributed by atoms with van der Waals surface area (Å²) in [6.07, 6.45) is 5.50. The van der Waals surface area contributed by atoms with E-state index < -0.39 is 0 Å². The summed E-state index contributed by atoms with van der Waals surface area (Å²) in [5, 5.41) is 10.2. The number of aliphatic hydroxyl groups is 1. The molecule has 1 aromatic carbocycles. The number of rotatable bonds is 6. The lowest BCUT2D eigenvalue weighted by atomic mass is 10.0. The number of likely N-dealkylation sites (tertiary alicyclic amines) is 1. The van der Waals surface area contributed by atoms with Gasteiger partial charge in [0.25, 0.3) is 0 Å². The summed E-state index contributed by atoms with van der Waals surface area (Å²) in [6, 6.07) is 8.47. The molecule has 0 spiro atoms. The fourth-order valence-corrected chi connectivity index (χ4v) is 2.67. The first-order valence-corrected chi connectivity index (χ1v) is 7.29. The third-order valence-electron chi connectivity index (χ3n) is 3.82. The topological polar surface area (TPSA) is 23.5 Å². The molecule has 1 aromatic rings. The second kappa shape index (κ2) is 6.91. The Morgan fingerprint density at radius 3 is 2.44 bits per heavy atom. The van der Waals surface area contributed by atoms with Gasteiger partial charge in [0.1, 0.15) is 0 Å². The highest BCUT2D eigenvalue weighted by atomic mass is 16.3. The molecule has 2 rings (SSSR count). The lowest BCUT2D eigenvalue weighted by Crippen LogP contribution is -2.22. The van der Waals surface area contributed by atoms with Crippen LogP contribution in [0.1, 0.15) is 49.8 Å². The lowest BCUT2D eigenvalue weighted by molar-refractivity contribution is 0.149. The lowest BCUT2D eigenvalue weighted by Gasteiger charge is -2.17. The molecule has 1 heterocycles. The predicted octanol–water partition coefficient (Wildman–Crippen LogP) is 3.16. The minimum atomic E-state index is -0.304. The maximum Gasteiger partial charge on any atom is 0.0802 e. The maximum absolute atomic E-state index is 10.2. The summed E-state index contributed by atoms with van der Waals surface area (Å²) in [5.41, 5.74) is 2.43. The number of hydrogen-bond acceptors (Lipinski definition) is 2. The Balaban J connectivity index is 1.81. The van der Waals surface area contributed by atoms with E-state index >= 15 is 0 Å². The van der Waals surface area contributed by atoms with Crippen LogP contribution >= 0.6 is 0 Å². The van der Waals surface area contributed by atoms with E-state index in [0.29, 0.717) is 0 Å². The van der Waals surface area contributed by atoms with Gasteiger partial charge in [-0.25, -0.2) is 0 Å². The van der Waals surface area contributed by atoms with Gasteiger partial charge in [-0.3, -0.25) is 0 Å². The normalized spacial score (nSPS) is 18.1. The van der Waals surface area contributed by atoms with Crippen LogP contribution in [0.15, 0.2) is 24.3 Å². The van der Waals surface area contributed by atoms with Crippen LogP contribution in [0, 0.1) is 0 Å². The fourth-order valence-electron chi connectivity index (χ4n) is 2.67. The summed E-state index contributed by atoms with van der Waals surface area (Å²) >= 11 is 0. The van der Waals surface area contributed by atoms with Gasteiger partial charge in [-0.15, -0.1) is 0 Å². The molecule has 0 aliphatic carbocycles. The van der Waals surface area contributed by atoms with E-state index in [1.165, 1.54) is 37.9 Å². The molecule has 100 valence electrons. The van der Waals surface area contributed by atoms with Crippen LogP contribution < -0.4 is 0 Å². The van der Waals surface area contributed by atoms with Crippen molar-refractivity contribution in [3.63, 3.8) is 0 Å². The van der Waals surface area contributed by atoms with Crippen LogP contribution in [0.5, 0.6) is 0 Å². The van der Waals surface area contributed by atoms with Crippen LogP contribution in [0.3, 0.4) is 0 Å². The van der Waals surface area contributed by atoms with Crippen molar-refractivity contribution in [3.05, 3.63) is 35.4 Å². The van der Waals surface area contributed by atoms with E-state index in [1.54, 1.807) is 0 Å². The standard InChI is InChI=1S/C16H25NO/c1-2-5-14-6-8-15(9-7-14)16(18)10-13-17-11-3-4-12-17/h6-9,16,18H,2-5,10-13H2,1H3. The Kier molecular flexibility index (Phi) is 5.21. The molecule has 0 bridgehead atoms. The average molecular weight is 247 g/mol. The maximum atomic E-state index is 10.2. The Morgan fingerprint density at radius 1 is 1.17 bits per heavy atom. The Morgan fingerprint density at radius 2 is 1.83 bits per heavy atom. The van der Waals surface area contributed by atoms with Crippen molar-refractivity contribution in [2.45, 2.75) is 45.1 Å². The second-order valence-electron chi connectivity index (χ2n) is 5.34. The molecule has 1 saturated heterocycles. The zero-order chi connectivity index (χ0) is 12.8. The van der Waals surface area contributed by atoms with E-state index in [2.05, 4.69) is 36.1 Å². The van der Waals surface area contributed by atoms with Crippen LogP contribution in [0.2, 0.25) is 0 Å².